The first-order valence-corrected chi connectivity index (χ1v) is 8.95. The van der Waals surface area contributed by atoms with Crippen LogP contribution in [0.15, 0.2) is 29.6 Å². The number of nitrogens with zero attached hydrogens (tertiary/aromatic N) is 4. The molecule has 0 amide bonds. The highest BCUT2D eigenvalue weighted by Crippen LogP contribution is 2.38. The molecule has 1 aliphatic rings. The van der Waals surface area contributed by atoms with Crippen LogP contribution in [0.5, 0.6) is 5.75 Å². The lowest BCUT2D eigenvalue weighted by Gasteiger charge is -2.11. The van der Waals surface area contributed by atoms with Gasteiger partial charge in [0, 0.05) is 17.0 Å². The summed E-state index contributed by atoms with van der Waals surface area (Å²) in [6.45, 7) is 0. The second kappa shape index (κ2) is 6.68. The Hall–Kier alpha value is -3.07. The van der Waals surface area contributed by atoms with Gasteiger partial charge in [-0.3, -0.25) is 15.5 Å². The first-order chi connectivity index (χ1) is 12.6. The van der Waals surface area contributed by atoms with E-state index in [4.69, 9.17) is 0 Å². The summed E-state index contributed by atoms with van der Waals surface area (Å²) in [6.07, 6.45) is 7.15. The number of thiophene rings is 1. The van der Waals surface area contributed by atoms with E-state index in [-0.39, 0.29) is 17.0 Å². The number of benzene rings is 1. The summed E-state index contributed by atoms with van der Waals surface area (Å²) in [5.41, 5.74) is 4.13. The van der Waals surface area contributed by atoms with Crippen LogP contribution in [0.1, 0.15) is 28.8 Å². The fourth-order valence-corrected chi connectivity index (χ4v) is 4.32. The van der Waals surface area contributed by atoms with Gasteiger partial charge in [-0.15, -0.1) is 11.3 Å². The number of nitro benzene ring substituents is 1. The van der Waals surface area contributed by atoms with E-state index in [0.29, 0.717) is 5.82 Å². The zero-order chi connectivity index (χ0) is 18.1. The minimum absolute atomic E-state index is 0.143. The maximum Gasteiger partial charge on any atom is 0.270 e. The SMILES string of the molecule is O=[N+]([O-])c1ccc([O-])c(/C=N\Nc2ncnc3sc4c(c23)CCCC4)c1. The highest BCUT2D eigenvalue weighted by Gasteiger charge is 2.19. The molecule has 9 heteroatoms. The monoisotopic (exact) mass is 368 g/mol. The number of aryl methyl sites for hydroxylation is 2. The number of fused-ring (bicyclic) bond motifs is 3. The normalized spacial score (nSPS) is 13.8. The lowest BCUT2D eigenvalue weighted by Crippen LogP contribution is -2.02. The van der Waals surface area contributed by atoms with E-state index in [1.165, 1.54) is 41.5 Å². The fourth-order valence-electron chi connectivity index (χ4n) is 3.09. The van der Waals surface area contributed by atoms with E-state index in [2.05, 4.69) is 20.5 Å². The smallest absolute Gasteiger partial charge is 0.270 e. The van der Waals surface area contributed by atoms with E-state index < -0.39 is 4.92 Å². The van der Waals surface area contributed by atoms with Gasteiger partial charge in [0.15, 0.2) is 5.82 Å². The predicted octanol–water partition coefficient (Wildman–Crippen LogP) is 3.00. The molecule has 0 unspecified atom stereocenters. The molecule has 1 aliphatic carbocycles. The number of hydrogen-bond donors (Lipinski definition) is 1. The second-order valence-corrected chi connectivity index (χ2v) is 7.05. The maximum absolute atomic E-state index is 11.8. The first-order valence-electron chi connectivity index (χ1n) is 8.13. The number of aromatic nitrogens is 2. The van der Waals surface area contributed by atoms with E-state index in [9.17, 15) is 15.2 Å². The topological polar surface area (TPSA) is 116 Å². The highest BCUT2D eigenvalue weighted by atomic mass is 32.1. The summed E-state index contributed by atoms with van der Waals surface area (Å²) in [5.74, 6) is 0.255. The first kappa shape index (κ1) is 16.4. The Balaban J connectivity index is 1.64. The van der Waals surface area contributed by atoms with Crippen molar-refractivity contribution in [3.05, 3.63) is 50.6 Å². The van der Waals surface area contributed by atoms with Crippen molar-refractivity contribution in [2.75, 3.05) is 5.43 Å². The average Bonchev–Trinajstić information content (AvgIpc) is 3.02. The van der Waals surface area contributed by atoms with Gasteiger partial charge in [0.25, 0.3) is 5.69 Å². The minimum Gasteiger partial charge on any atom is -0.872 e. The summed E-state index contributed by atoms with van der Waals surface area (Å²) >= 11 is 1.68. The zero-order valence-corrected chi connectivity index (χ0v) is 14.5. The molecule has 8 nitrogen and oxygen atoms in total. The standard InChI is InChI=1S/C17H15N5O3S/c23-13-6-5-11(22(24)25)7-10(13)8-20-21-16-15-12-3-1-2-4-14(12)26-17(15)19-9-18-16/h5-9,23H,1-4H2,(H,18,19,21)/p-1/b20-8-. The Bertz CT molecular complexity index is 1030. The molecular formula is C17H14N5O3S-. The Morgan fingerprint density at radius 2 is 2.12 bits per heavy atom. The lowest BCUT2D eigenvalue weighted by atomic mass is 9.97. The highest BCUT2D eigenvalue weighted by molar-refractivity contribution is 7.19. The third-order valence-corrected chi connectivity index (χ3v) is 5.53. The molecule has 0 saturated carbocycles. The van der Waals surface area contributed by atoms with Crippen molar-refractivity contribution >= 4 is 39.3 Å². The molecule has 3 aromatic rings. The number of rotatable bonds is 4. The Kier molecular flexibility index (Phi) is 4.21. The molecule has 0 aliphatic heterocycles. The minimum atomic E-state index is -0.546. The molecule has 132 valence electrons. The quantitative estimate of drug-likeness (QED) is 0.430. The van der Waals surface area contributed by atoms with Crippen LogP contribution in [0.4, 0.5) is 11.5 Å². The third kappa shape index (κ3) is 2.97. The van der Waals surface area contributed by atoms with E-state index in [0.717, 1.165) is 35.5 Å². The van der Waals surface area contributed by atoms with Crippen molar-refractivity contribution in [3.63, 3.8) is 0 Å². The molecule has 0 saturated heterocycles. The van der Waals surface area contributed by atoms with E-state index in [1.807, 2.05) is 0 Å². The van der Waals surface area contributed by atoms with Crippen molar-refractivity contribution in [3.8, 4) is 5.75 Å². The Morgan fingerprint density at radius 1 is 1.27 bits per heavy atom. The summed E-state index contributed by atoms with van der Waals surface area (Å²) in [6, 6.07) is 3.55. The molecule has 1 N–H and O–H groups in total. The van der Waals surface area contributed by atoms with Gasteiger partial charge in [-0.2, -0.15) is 5.10 Å². The number of nitrogens with one attached hydrogen (secondary N) is 1. The van der Waals surface area contributed by atoms with E-state index >= 15 is 0 Å². The molecule has 0 bridgehead atoms. The third-order valence-electron chi connectivity index (χ3n) is 4.33. The largest absolute Gasteiger partial charge is 0.872 e. The summed E-state index contributed by atoms with van der Waals surface area (Å²) < 4.78 is 0. The fraction of sp³-hybridized carbons (Fsp3) is 0.235. The molecule has 2 heterocycles. The van der Waals surface area contributed by atoms with Crippen LogP contribution in [-0.2, 0) is 12.8 Å². The molecule has 1 aromatic carbocycles. The van der Waals surface area contributed by atoms with Crippen molar-refractivity contribution < 1.29 is 10.0 Å². The van der Waals surface area contributed by atoms with Crippen molar-refractivity contribution in [2.45, 2.75) is 25.7 Å². The van der Waals surface area contributed by atoms with Crippen molar-refractivity contribution in [1.29, 1.82) is 0 Å². The zero-order valence-electron chi connectivity index (χ0n) is 13.6. The summed E-state index contributed by atoms with van der Waals surface area (Å²) in [5, 5.41) is 27.7. The average molecular weight is 368 g/mol. The number of hydrogen-bond acceptors (Lipinski definition) is 8. The van der Waals surface area contributed by atoms with Crippen molar-refractivity contribution in [2.24, 2.45) is 5.10 Å². The molecule has 0 spiro atoms. The molecule has 2 aromatic heterocycles. The van der Waals surface area contributed by atoms with Gasteiger partial charge < -0.3 is 5.11 Å². The molecule has 4 rings (SSSR count). The summed E-state index contributed by atoms with van der Waals surface area (Å²) in [4.78, 5) is 21.2. The van der Waals surface area contributed by atoms with Gasteiger partial charge >= 0.3 is 0 Å². The van der Waals surface area contributed by atoms with Crippen LogP contribution in [0.25, 0.3) is 10.2 Å². The van der Waals surface area contributed by atoms with Gasteiger partial charge in [-0.05, 0) is 36.8 Å². The van der Waals surface area contributed by atoms with Crippen LogP contribution < -0.4 is 10.5 Å². The lowest BCUT2D eigenvalue weighted by molar-refractivity contribution is -0.385. The Labute approximate surface area is 152 Å². The molecular weight excluding hydrogens is 354 g/mol. The van der Waals surface area contributed by atoms with Gasteiger partial charge in [-0.25, -0.2) is 9.97 Å². The second-order valence-electron chi connectivity index (χ2n) is 5.96. The predicted molar refractivity (Wildman–Crippen MR) is 97.8 cm³/mol. The van der Waals surface area contributed by atoms with Crippen LogP contribution >= 0.6 is 11.3 Å². The van der Waals surface area contributed by atoms with Crippen molar-refractivity contribution in [1.82, 2.24) is 9.97 Å². The van der Waals surface area contributed by atoms with E-state index in [1.54, 1.807) is 11.3 Å². The summed E-state index contributed by atoms with van der Waals surface area (Å²) in [7, 11) is 0. The van der Waals surface area contributed by atoms with Gasteiger partial charge in [0.05, 0.1) is 16.5 Å². The van der Waals surface area contributed by atoms with Crippen LogP contribution in [0, 0.1) is 10.1 Å². The van der Waals surface area contributed by atoms with Gasteiger partial charge in [0.2, 0.25) is 0 Å². The number of hydrazone groups is 1. The van der Waals surface area contributed by atoms with Crippen LogP contribution in [0.2, 0.25) is 0 Å². The Morgan fingerprint density at radius 3 is 2.96 bits per heavy atom. The molecule has 0 fully saturated rings. The number of nitro groups is 1. The molecule has 0 atom stereocenters. The number of anilines is 1. The number of non-ortho nitro benzene ring substituents is 1. The maximum atomic E-state index is 11.8. The van der Waals surface area contributed by atoms with Crippen LogP contribution in [0.3, 0.4) is 0 Å². The van der Waals surface area contributed by atoms with Gasteiger partial charge in [0.1, 0.15) is 11.2 Å². The molecule has 0 radical (unpaired) electrons. The van der Waals surface area contributed by atoms with Crippen LogP contribution in [-0.4, -0.2) is 21.1 Å². The molecule has 26 heavy (non-hydrogen) atoms. The van der Waals surface area contributed by atoms with Gasteiger partial charge in [-0.1, -0.05) is 11.8 Å².